The van der Waals surface area contributed by atoms with Crippen LogP contribution in [0.3, 0.4) is 0 Å². The first kappa shape index (κ1) is 26.7. The molecule has 0 radical (unpaired) electrons. The summed E-state index contributed by atoms with van der Waals surface area (Å²) in [7, 11) is 0. The molecule has 3 N–H and O–H groups in total. The minimum Gasteiger partial charge on any atom is -0.405 e. The zero-order valence-corrected chi connectivity index (χ0v) is 20.7. The zero-order chi connectivity index (χ0) is 26.1. The Hall–Kier alpha value is -3.92. The van der Waals surface area contributed by atoms with Gasteiger partial charge in [-0.15, -0.1) is 13.2 Å². The lowest BCUT2D eigenvalue weighted by atomic mass is 10.0. The molecule has 0 aliphatic heterocycles. The highest BCUT2D eigenvalue weighted by Gasteiger charge is 2.32. The molecule has 0 heterocycles. The van der Waals surface area contributed by atoms with Gasteiger partial charge in [0.1, 0.15) is 5.75 Å². The number of ether oxygens (including phenoxy) is 1. The lowest BCUT2D eigenvalue weighted by Gasteiger charge is -2.14. The van der Waals surface area contributed by atoms with Crippen LogP contribution >= 0.6 is 12.2 Å². The number of anilines is 2. The summed E-state index contributed by atoms with van der Waals surface area (Å²) < 4.78 is 42.0. The predicted octanol–water partition coefficient (Wildman–Crippen LogP) is 6.87. The van der Waals surface area contributed by atoms with Crippen molar-refractivity contribution in [3.05, 3.63) is 89.5 Å². The number of nitrogens with zero attached hydrogens (tertiary/aromatic N) is 2. The van der Waals surface area contributed by atoms with Gasteiger partial charge in [0, 0.05) is 11.3 Å². The molecule has 10 heteroatoms. The molecular formula is C26H26F3N5OS. The smallest absolute Gasteiger partial charge is 0.405 e. The maximum atomic E-state index is 12.6. The molecular weight excluding hydrogens is 487 g/mol. The van der Waals surface area contributed by atoms with Crippen LogP contribution in [0.5, 0.6) is 5.75 Å². The fraction of sp³-hybridized carbons (Fsp3) is 0.192. The van der Waals surface area contributed by atoms with Crippen LogP contribution < -0.4 is 20.9 Å². The van der Waals surface area contributed by atoms with Crippen LogP contribution in [0, 0.1) is 0 Å². The Balaban J connectivity index is 1.57. The van der Waals surface area contributed by atoms with Crippen molar-refractivity contribution in [2.75, 3.05) is 10.7 Å². The van der Waals surface area contributed by atoms with Gasteiger partial charge >= 0.3 is 6.36 Å². The third-order valence-corrected chi connectivity index (χ3v) is 5.17. The van der Waals surface area contributed by atoms with E-state index >= 15 is 0 Å². The molecule has 0 aliphatic carbocycles. The maximum Gasteiger partial charge on any atom is 0.573 e. The molecule has 0 amide bonds. The summed E-state index contributed by atoms with van der Waals surface area (Å²) in [6.45, 7) is 5.82. The lowest BCUT2D eigenvalue weighted by molar-refractivity contribution is -0.274. The summed E-state index contributed by atoms with van der Waals surface area (Å²) in [6.07, 6.45) is -3.17. The van der Waals surface area contributed by atoms with E-state index in [1.54, 1.807) is 31.3 Å². The van der Waals surface area contributed by atoms with E-state index in [1.165, 1.54) is 18.2 Å². The normalized spacial score (nSPS) is 12.0. The van der Waals surface area contributed by atoms with E-state index < -0.39 is 6.36 Å². The Labute approximate surface area is 213 Å². The van der Waals surface area contributed by atoms with Crippen LogP contribution in [0.25, 0.3) is 0 Å². The summed E-state index contributed by atoms with van der Waals surface area (Å²) in [4.78, 5) is 0. The Bertz CT molecular complexity index is 1240. The van der Waals surface area contributed by atoms with E-state index in [0.717, 1.165) is 16.8 Å². The van der Waals surface area contributed by atoms with E-state index in [0.29, 0.717) is 22.4 Å². The molecule has 0 atom stereocenters. The highest BCUT2D eigenvalue weighted by molar-refractivity contribution is 7.80. The van der Waals surface area contributed by atoms with E-state index in [2.05, 4.69) is 51.0 Å². The number of hydrazone groups is 2. The molecule has 0 saturated heterocycles. The van der Waals surface area contributed by atoms with Gasteiger partial charge in [0.05, 0.1) is 17.6 Å². The van der Waals surface area contributed by atoms with Gasteiger partial charge in [-0.05, 0) is 66.5 Å². The number of nitrogens with one attached hydrogen (secondary N) is 3. The van der Waals surface area contributed by atoms with Gasteiger partial charge in [0.2, 0.25) is 0 Å². The zero-order valence-electron chi connectivity index (χ0n) is 19.9. The van der Waals surface area contributed by atoms with E-state index in [1.807, 2.05) is 30.3 Å². The number of para-hydroxylation sites is 2. The van der Waals surface area contributed by atoms with E-state index in [9.17, 15) is 13.2 Å². The van der Waals surface area contributed by atoms with Gasteiger partial charge in [-0.3, -0.25) is 10.9 Å². The van der Waals surface area contributed by atoms with Crippen LogP contribution in [0.2, 0.25) is 0 Å². The monoisotopic (exact) mass is 513 g/mol. The third kappa shape index (κ3) is 8.09. The topological polar surface area (TPSA) is 70.0 Å². The minimum absolute atomic E-state index is 0.234. The van der Waals surface area contributed by atoms with Crippen molar-refractivity contribution in [1.29, 1.82) is 0 Å². The summed E-state index contributed by atoms with van der Waals surface area (Å²) >= 11 is 5.32. The second-order valence-corrected chi connectivity index (χ2v) is 8.45. The fourth-order valence-electron chi connectivity index (χ4n) is 3.26. The van der Waals surface area contributed by atoms with Crippen molar-refractivity contribution in [2.24, 2.45) is 10.2 Å². The molecule has 3 rings (SSSR count). The van der Waals surface area contributed by atoms with E-state index in [4.69, 9.17) is 12.2 Å². The molecule has 0 saturated carbocycles. The summed E-state index contributed by atoms with van der Waals surface area (Å²) in [5.74, 6) is 0.0374. The Kier molecular flexibility index (Phi) is 9.02. The van der Waals surface area contributed by atoms with Crippen molar-refractivity contribution < 1.29 is 17.9 Å². The number of alkyl halides is 3. The first-order valence-corrected chi connectivity index (χ1v) is 11.5. The van der Waals surface area contributed by atoms with Crippen molar-refractivity contribution in [3.8, 4) is 5.75 Å². The molecule has 0 unspecified atom stereocenters. The van der Waals surface area contributed by atoms with Crippen LogP contribution in [-0.4, -0.2) is 23.4 Å². The quantitative estimate of drug-likeness (QED) is 0.174. The van der Waals surface area contributed by atoms with E-state index in [-0.39, 0.29) is 11.3 Å². The Morgan fingerprint density at radius 2 is 1.64 bits per heavy atom. The lowest BCUT2D eigenvalue weighted by Crippen LogP contribution is -2.24. The summed E-state index contributed by atoms with van der Waals surface area (Å²) in [5.41, 5.74) is 9.75. The Morgan fingerprint density at radius 1 is 0.972 bits per heavy atom. The standard InChI is InChI=1S/C26H26F3N5OS/c1-17(2)21-8-4-6-10-23(21)31-25(36)34-30-16-19-12-14-20(15-13-19)33-32-18(3)22-9-5-7-11-24(22)35-26(27,28)29/h4-17,33H,1-3H3,(H2,31,34,36)/b30-16?,32-18+. The van der Waals surface area contributed by atoms with Gasteiger partial charge in [-0.2, -0.15) is 10.2 Å². The number of halogens is 3. The number of benzene rings is 3. The molecule has 0 fully saturated rings. The van der Waals surface area contributed by atoms with Gasteiger partial charge in [0.15, 0.2) is 5.11 Å². The highest BCUT2D eigenvalue weighted by atomic mass is 32.1. The number of thiocarbonyl (C=S) groups is 1. The van der Waals surface area contributed by atoms with Crippen LogP contribution in [0.4, 0.5) is 24.5 Å². The average molecular weight is 514 g/mol. The van der Waals surface area contributed by atoms with Gasteiger partial charge in [-0.25, -0.2) is 0 Å². The first-order valence-electron chi connectivity index (χ1n) is 11.1. The maximum absolute atomic E-state index is 12.6. The number of rotatable bonds is 8. The third-order valence-electron chi connectivity index (χ3n) is 4.98. The average Bonchev–Trinajstić information content (AvgIpc) is 2.83. The van der Waals surface area contributed by atoms with Crippen molar-refractivity contribution in [3.63, 3.8) is 0 Å². The van der Waals surface area contributed by atoms with Crippen molar-refractivity contribution >= 4 is 40.6 Å². The van der Waals surface area contributed by atoms with Crippen LogP contribution in [0.15, 0.2) is 83.0 Å². The molecule has 6 nitrogen and oxygen atoms in total. The number of hydrogen-bond donors (Lipinski definition) is 3. The summed E-state index contributed by atoms with van der Waals surface area (Å²) in [5, 5.41) is 11.9. The highest BCUT2D eigenvalue weighted by Crippen LogP contribution is 2.27. The molecule has 0 spiro atoms. The molecule has 0 bridgehead atoms. The number of hydrogen-bond acceptors (Lipinski definition) is 5. The fourth-order valence-corrected chi connectivity index (χ4v) is 3.42. The Morgan fingerprint density at radius 3 is 2.33 bits per heavy atom. The molecule has 36 heavy (non-hydrogen) atoms. The van der Waals surface area contributed by atoms with Crippen LogP contribution in [-0.2, 0) is 0 Å². The molecule has 3 aromatic carbocycles. The summed E-state index contributed by atoms with van der Waals surface area (Å²) in [6, 6.07) is 20.9. The van der Waals surface area contributed by atoms with Crippen LogP contribution in [0.1, 0.15) is 43.4 Å². The molecule has 0 aromatic heterocycles. The first-order chi connectivity index (χ1) is 17.1. The van der Waals surface area contributed by atoms with Crippen molar-refractivity contribution in [2.45, 2.75) is 33.1 Å². The molecule has 3 aromatic rings. The second kappa shape index (κ2) is 12.2. The minimum atomic E-state index is -4.78. The van der Waals surface area contributed by atoms with Crippen molar-refractivity contribution in [1.82, 2.24) is 5.43 Å². The SMILES string of the molecule is C/C(=N\Nc1ccc(C=NNC(=S)Nc2ccccc2C(C)C)cc1)c1ccccc1OC(F)(F)F. The largest absolute Gasteiger partial charge is 0.573 e. The van der Waals surface area contributed by atoms with Gasteiger partial charge in [-0.1, -0.05) is 56.3 Å². The van der Waals surface area contributed by atoms with Gasteiger partial charge in [0.25, 0.3) is 0 Å². The predicted molar refractivity (Wildman–Crippen MR) is 143 cm³/mol. The van der Waals surface area contributed by atoms with Gasteiger partial charge < -0.3 is 10.1 Å². The molecule has 0 aliphatic rings. The second-order valence-electron chi connectivity index (χ2n) is 8.04. The molecule has 188 valence electrons.